The van der Waals surface area contributed by atoms with Crippen molar-refractivity contribution in [3.05, 3.63) is 53.1 Å². The van der Waals surface area contributed by atoms with E-state index in [0.29, 0.717) is 6.07 Å². The van der Waals surface area contributed by atoms with Crippen molar-refractivity contribution in [1.82, 2.24) is 4.90 Å². The van der Waals surface area contributed by atoms with Crippen LogP contribution < -0.4 is 9.64 Å². The molecule has 1 aliphatic rings. The second-order valence-corrected chi connectivity index (χ2v) is 10.6. The van der Waals surface area contributed by atoms with Crippen LogP contribution in [-0.4, -0.2) is 57.8 Å². The summed E-state index contributed by atoms with van der Waals surface area (Å²) in [5.74, 6) is -0.411. The summed E-state index contributed by atoms with van der Waals surface area (Å²) in [6.07, 6.45) is -9.28. The lowest BCUT2D eigenvalue weighted by atomic mass is 10.1. The predicted octanol–water partition coefficient (Wildman–Crippen LogP) is 4.88. The number of halogens is 6. The van der Waals surface area contributed by atoms with E-state index in [9.17, 15) is 39.6 Å². The van der Waals surface area contributed by atoms with Crippen molar-refractivity contribution < 1.29 is 44.3 Å². The van der Waals surface area contributed by atoms with Crippen LogP contribution in [0.3, 0.4) is 0 Å². The second kappa shape index (κ2) is 9.83. The van der Waals surface area contributed by atoms with Gasteiger partial charge >= 0.3 is 12.4 Å². The van der Waals surface area contributed by atoms with Gasteiger partial charge in [-0.15, -0.1) is 0 Å². The minimum Gasteiger partial charge on any atom is -0.490 e. The van der Waals surface area contributed by atoms with Crippen LogP contribution in [0.15, 0.2) is 41.3 Å². The zero-order valence-electron chi connectivity index (χ0n) is 19.6. The predicted molar refractivity (Wildman–Crippen MR) is 120 cm³/mol. The summed E-state index contributed by atoms with van der Waals surface area (Å²) in [6.45, 7) is 3.21. The van der Waals surface area contributed by atoms with Gasteiger partial charge < -0.3 is 14.5 Å². The first-order valence-electron chi connectivity index (χ1n) is 10.8. The van der Waals surface area contributed by atoms with Gasteiger partial charge in [0.15, 0.2) is 9.84 Å². The van der Waals surface area contributed by atoms with Crippen LogP contribution in [-0.2, 0) is 22.2 Å². The third-order valence-electron chi connectivity index (χ3n) is 5.51. The zero-order valence-corrected chi connectivity index (χ0v) is 20.4. The molecule has 1 saturated heterocycles. The number of hydrogen-bond donors (Lipinski definition) is 0. The highest BCUT2D eigenvalue weighted by molar-refractivity contribution is 7.90. The summed E-state index contributed by atoms with van der Waals surface area (Å²) in [5.41, 5.74) is -3.24. The van der Waals surface area contributed by atoms with Crippen molar-refractivity contribution in [2.24, 2.45) is 0 Å². The number of anilines is 1. The van der Waals surface area contributed by atoms with Gasteiger partial charge in [0.25, 0.3) is 5.91 Å². The Morgan fingerprint density at radius 2 is 1.53 bits per heavy atom. The molecule has 0 spiro atoms. The summed E-state index contributed by atoms with van der Waals surface area (Å²) < 4.78 is 109. The van der Waals surface area contributed by atoms with Crippen LogP contribution in [0.25, 0.3) is 0 Å². The summed E-state index contributed by atoms with van der Waals surface area (Å²) in [7, 11) is -3.63. The third-order valence-corrected chi connectivity index (χ3v) is 6.62. The Morgan fingerprint density at radius 3 is 2.03 bits per heavy atom. The van der Waals surface area contributed by atoms with Gasteiger partial charge in [0.1, 0.15) is 5.75 Å². The topological polar surface area (TPSA) is 66.9 Å². The number of alkyl halides is 6. The lowest BCUT2D eigenvalue weighted by Gasteiger charge is -2.37. The van der Waals surface area contributed by atoms with E-state index in [4.69, 9.17) is 4.74 Å². The monoisotopic (exact) mass is 538 g/mol. The molecule has 3 rings (SSSR count). The molecule has 198 valence electrons. The molecule has 2 aromatic rings. The average molecular weight is 539 g/mol. The van der Waals surface area contributed by atoms with Crippen LogP contribution in [0, 0.1) is 0 Å². The standard InChI is InChI=1S/C23H24F6N2O4S/c1-14(2)35-20-7-5-16(36(3,33)34)13-17(20)21(32)31-10-8-30(9-11-31)19-6-4-15(22(24,25)26)12-18(19)23(27,28)29/h4-7,12-14H,8-11H2,1-3H3. The number of piperazine rings is 1. The van der Waals surface area contributed by atoms with Crippen molar-refractivity contribution in [2.75, 3.05) is 37.3 Å². The maximum Gasteiger partial charge on any atom is 0.418 e. The quantitative estimate of drug-likeness (QED) is 0.508. The maximum absolute atomic E-state index is 13.6. The summed E-state index contributed by atoms with van der Waals surface area (Å²) >= 11 is 0. The molecule has 1 aliphatic heterocycles. The average Bonchev–Trinajstić information content (AvgIpc) is 2.76. The van der Waals surface area contributed by atoms with E-state index in [1.54, 1.807) is 13.8 Å². The molecule has 1 heterocycles. The molecule has 0 atom stereocenters. The Balaban J connectivity index is 1.86. The minimum atomic E-state index is -5.02. The first-order chi connectivity index (χ1) is 16.5. The molecular weight excluding hydrogens is 514 g/mol. The van der Waals surface area contributed by atoms with E-state index < -0.39 is 44.9 Å². The molecule has 1 fully saturated rings. The Morgan fingerprint density at radius 1 is 0.917 bits per heavy atom. The number of amides is 1. The molecule has 0 unspecified atom stereocenters. The highest BCUT2D eigenvalue weighted by atomic mass is 32.2. The molecule has 36 heavy (non-hydrogen) atoms. The number of nitrogens with zero attached hydrogens (tertiary/aromatic N) is 2. The van der Waals surface area contributed by atoms with E-state index in [-0.39, 0.29) is 54.6 Å². The molecule has 0 N–H and O–H groups in total. The van der Waals surface area contributed by atoms with Gasteiger partial charge in [-0.05, 0) is 50.2 Å². The highest BCUT2D eigenvalue weighted by Crippen LogP contribution is 2.41. The SMILES string of the molecule is CC(C)Oc1ccc(S(C)(=O)=O)cc1C(=O)N1CCN(c2ccc(C(F)(F)F)cc2C(F)(F)F)CC1. The van der Waals surface area contributed by atoms with Crippen molar-refractivity contribution in [2.45, 2.75) is 37.2 Å². The molecule has 2 aromatic carbocycles. The molecule has 0 radical (unpaired) electrons. The smallest absolute Gasteiger partial charge is 0.418 e. The largest absolute Gasteiger partial charge is 0.490 e. The van der Waals surface area contributed by atoms with Crippen molar-refractivity contribution in [1.29, 1.82) is 0 Å². The molecule has 0 bridgehead atoms. The van der Waals surface area contributed by atoms with Gasteiger partial charge in [-0.3, -0.25) is 4.79 Å². The summed E-state index contributed by atoms with van der Waals surface area (Å²) in [5, 5.41) is 0. The first-order valence-corrected chi connectivity index (χ1v) is 12.7. The Bertz CT molecular complexity index is 1230. The summed E-state index contributed by atoms with van der Waals surface area (Å²) in [4.78, 5) is 15.7. The van der Waals surface area contributed by atoms with Gasteiger partial charge in [0, 0.05) is 38.1 Å². The van der Waals surface area contributed by atoms with Crippen molar-refractivity contribution >= 4 is 21.4 Å². The fourth-order valence-corrected chi connectivity index (χ4v) is 4.45. The third kappa shape index (κ3) is 6.23. The van der Waals surface area contributed by atoms with Gasteiger partial charge in [-0.25, -0.2) is 8.42 Å². The minimum absolute atomic E-state index is 0.00872. The fourth-order valence-electron chi connectivity index (χ4n) is 3.80. The number of benzene rings is 2. The van der Waals surface area contributed by atoms with Crippen LogP contribution in [0.5, 0.6) is 5.75 Å². The normalized spacial score (nSPS) is 15.4. The van der Waals surface area contributed by atoms with E-state index in [2.05, 4.69) is 0 Å². The molecule has 1 amide bonds. The lowest BCUT2D eigenvalue weighted by molar-refractivity contribution is -0.142. The second-order valence-electron chi connectivity index (χ2n) is 8.60. The Labute approximate surface area is 204 Å². The van der Waals surface area contributed by atoms with Gasteiger partial charge in [0.2, 0.25) is 0 Å². The maximum atomic E-state index is 13.6. The number of sulfone groups is 1. The van der Waals surface area contributed by atoms with Gasteiger partial charge in [0.05, 0.1) is 27.7 Å². The van der Waals surface area contributed by atoms with Crippen molar-refractivity contribution in [3.8, 4) is 5.75 Å². The number of carbonyl (C=O) groups excluding carboxylic acids is 1. The lowest BCUT2D eigenvalue weighted by Crippen LogP contribution is -2.49. The van der Waals surface area contributed by atoms with Crippen LogP contribution in [0.4, 0.5) is 32.0 Å². The number of hydrogen-bond acceptors (Lipinski definition) is 5. The molecule has 0 aliphatic carbocycles. The molecule has 0 aromatic heterocycles. The number of ether oxygens (including phenoxy) is 1. The molecule has 6 nitrogen and oxygen atoms in total. The van der Waals surface area contributed by atoms with E-state index >= 15 is 0 Å². The van der Waals surface area contributed by atoms with Gasteiger partial charge in [-0.2, -0.15) is 26.3 Å². The van der Waals surface area contributed by atoms with Crippen LogP contribution in [0.2, 0.25) is 0 Å². The molecular formula is C23H24F6N2O4S. The highest BCUT2D eigenvalue weighted by Gasteiger charge is 2.40. The molecule has 13 heteroatoms. The first kappa shape index (κ1) is 27.6. The van der Waals surface area contributed by atoms with Crippen LogP contribution in [0.1, 0.15) is 35.3 Å². The zero-order chi connectivity index (χ0) is 27.1. The Hall–Kier alpha value is -2.96. The fraction of sp³-hybridized carbons (Fsp3) is 0.435. The van der Waals surface area contributed by atoms with E-state index in [1.165, 1.54) is 28.0 Å². The van der Waals surface area contributed by atoms with E-state index in [1.807, 2.05) is 0 Å². The van der Waals surface area contributed by atoms with Crippen LogP contribution >= 0.6 is 0 Å². The summed E-state index contributed by atoms with van der Waals surface area (Å²) in [6, 6.07) is 5.34. The van der Waals surface area contributed by atoms with E-state index in [0.717, 1.165) is 12.3 Å². The van der Waals surface area contributed by atoms with Crippen molar-refractivity contribution in [3.63, 3.8) is 0 Å². The number of rotatable bonds is 5. The Kier molecular flexibility index (Phi) is 7.54. The number of carbonyl (C=O) groups is 1. The van der Waals surface area contributed by atoms with Gasteiger partial charge in [-0.1, -0.05) is 0 Å². The molecule has 0 saturated carbocycles.